The third kappa shape index (κ3) is 5.46. The highest BCUT2D eigenvalue weighted by Gasteiger charge is 2.18. The van der Waals surface area contributed by atoms with Crippen LogP contribution in [-0.2, 0) is 9.53 Å². The maximum Gasteiger partial charge on any atom is 0.338 e. The van der Waals surface area contributed by atoms with Gasteiger partial charge in [-0.25, -0.2) is 9.18 Å². The van der Waals surface area contributed by atoms with E-state index in [0.29, 0.717) is 18.0 Å². The summed E-state index contributed by atoms with van der Waals surface area (Å²) in [5, 5.41) is 2.55. The molecule has 2 rings (SSSR count). The van der Waals surface area contributed by atoms with Gasteiger partial charge in [0.1, 0.15) is 17.3 Å². The highest BCUT2D eigenvalue weighted by Crippen LogP contribution is 2.22. The van der Waals surface area contributed by atoms with Gasteiger partial charge in [-0.05, 0) is 55.5 Å². The molecule has 1 N–H and O–H groups in total. The van der Waals surface area contributed by atoms with Gasteiger partial charge >= 0.3 is 5.97 Å². The molecular formula is C19H18FNO4. The molecule has 1 unspecified atom stereocenters. The highest BCUT2D eigenvalue weighted by atomic mass is 19.1. The summed E-state index contributed by atoms with van der Waals surface area (Å²) >= 11 is 0. The van der Waals surface area contributed by atoms with Gasteiger partial charge < -0.3 is 14.8 Å². The van der Waals surface area contributed by atoms with Crippen molar-refractivity contribution in [3.63, 3.8) is 0 Å². The summed E-state index contributed by atoms with van der Waals surface area (Å²) in [6.07, 6.45) is 0.620. The van der Waals surface area contributed by atoms with Crippen LogP contribution in [0.2, 0.25) is 0 Å². The molecule has 2 aromatic rings. The van der Waals surface area contributed by atoms with E-state index in [4.69, 9.17) is 9.47 Å². The molecule has 0 aliphatic carbocycles. The van der Waals surface area contributed by atoms with Crippen molar-refractivity contribution in [2.45, 2.75) is 13.0 Å². The first-order chi connectivity index (χ1) is 12.0. The number of esters is 1. The van der Waals surface area contributed by atoms with E-state index in [-0.39, 0.29) is 11.4 Å². The van der Waals surface area contributed by atoms with Gasteiger partial charge in [0.15, 0.2) is 6.10 Å². The third-order valence-corrected chi connectivity index (χ3v) is 3.21. The van der Waals surface area contributed by atoms with Crippen molar-refractivity contribution in [1.29, 1.82) is 0 Å². The fourth-order valence-electron chi connectivity index (χ4n) is 1.90. The number of hydrogen-bond donors (Lipinski definition) is 1. The number of halogens is 1. The molecule has 0 fully saturated rings. The Morgan fingerprint density at radius 2 is 1.68 bits per heavy atom. The summed E-state index contributed by atoms with van der Waals surface area (Å²) in [6.45, 7) is 5.28. The minimum atomic E-state index is -0.914. The minimum Gasteiger partial charge on any atom is -0.457 e. The first-order valence-electron chi connectivity index (χ1n) is 7.62. The number of rotatable bonds is 7. The molecular weight excluding hydrogens is 325 g/mol. The topological polar surface area (TPSA) is 64.6 Å². The lowest BCUT2D eigenvalue weighted by molar-refractivity contribution is -0.128. The molecule has 0 saturated carbocycles. The molecule has 1 amide bonds. The number of carbonyl (C=O) groups excluding carboxylic acids is 2. The van der Waals surface area contributed by atoms with Crippen LogP contribution >= 0.6 is 0 Å². The number of amides is 1. The molecule has 0 heterocycles. The first-order valence-corrected chi connectivity index (χ1v) is 7.62. The Balaban J connectivity index is 1.94. The largest absolute Gasteiger partial charge is 0.457 e. The van der Waals surface area contributed by atoms with Gasteiger partial charge in [0.25, 0.3) is 5.91 Å². The molecule has 0 saturated heterocycles. The standard InChI is InChI=1S/C19H18FNO4/c1-3-12-21-18(22)13(2)24-19(23)14-4-8-16(9-5-14)25-17-10-6-15(20)7-11-17/h3-11,13H,1,12H2,2H3,(H,21,22). The highest BCUT2D eigenvalue weighted by molar-refractivity contribution is 5.92. The number of carbonyl (C=O) groups is 2. The minimum absolute atomic E-state index is 0.287. The molecule has 0 aromatic heterocycles. The Hall–Kier alpha value is -3.15. The molecule has 6 heteroatoms. The van der Waals surface area contributed by atoms with Crippen molar-refractivity contribution in [2.24, 2.45) is 0 Å². The Morgan fingerprint density at radius 3 is 2.24 bits per heavy atom. The van der Waals surface area contributed by atoms with Crippen molar-refractivity contribution >= 4 is 11.9 Å². The van der Waals surface area contributed by atoms with E-state index in [9.17, 15) is 14.0 Å². The van der Waals surface area contributed by atoms with E-state index >= 15 is 0 Å². The van der Waals surface area contributed by atoms with Gasteiger partial charge in [-0.3, -0.25) is 4.79 Å². The summed E-state index contributed by atoms with van der Waals surface area (Å²) in [5.74, 6) is -0.403. The first kappa shape index (κ1) is 18.2. The van der Waals surface area contributed by atoms with Crippen LogP contribution in [0, 0.1) is 5.82 Å². The van der Waals surface area contributed by atoms with Crippen molar-refractivity contribution in [2.75, 3.05) is 6.54 Å². The fourth-order valence-corrected chi connectivity index (χ4v) is 1.90. The molecule has 1 atom stereocenters. The van der Waals surface area contributed by atoms with Crippen LogP contribution in [0.1, 0.15) is 17.3 Å². The van der Waals surface area contributed by atoms with Crippen LogP contribution in [-0.4, -0.2) is 24.5 Å². The average Bonchev–Trinajstić information content (AvgIpc) is 2.62. The number of hydrogen-bond acceptors (Lipinski definition) is 4. The second-order valence-electron chi connectivity index (χ2n) is 5.16. The predicted octanol–water partition coefficient (Wildman–Crippen LogP) is 3.47. The van der Waals surface area contributed by atoms with E-state index in [0.717, 1.165) is 0 Å². The van der Waals surface area contributed by atoms with Crippen molar-refractivity contribution < 1.29 is 23.5 Å². The van der Waals surface area contributed by atoms with Gasteiger partial charge in [0.05, 0.1) is 5.56 Å². The molecule has 0 spiro atoms. The SMILES string of the molecule is C=CCNC(=O)C(C)OC(=O)c1ccc(Oc2ccc(F)cc2)cc1. The quantitative estimate of drug-likeness (QED) is 0.618. The van der Waals surface area contributed by atoms with Crippen LogP contribution in [0.25, 0.3) is 0 Å². The monoisotopic (exact) mass is 343 g/mol. The Bertz CT molecular complexity index is 741. The molecule has 5 nitrogen and oxygen atoms in total. The van der Waals surface area contributed by atoms with Crippen LogP contribution in [0.15, 0.2) is 61.2 Å². The van der Waals surface area contributed by atoms with Crippen molar-refractivity contribution in [3.05, 3.63) is 72.6 Å². The average molecular weight is 343 g/mol. The third-order valence-electron chi connectivity index (χ3n) is 3.21. The summed E-state index contributed by atoms with van der Waals surface area (Å²) in [5.41, 5.74) is 0.287. The zero-order valence-electron chi connectivity index (χ0n) is 13.7. The summed E-state index contributed by atoms with van der Waals surface area (Å²) < 4.78 is 23.5. The maximum atomic E-state index is 12.9. The second-order valence-corrected chi connectivity index (χ2v) is 5.16. The van der Waals surface area contributed by atoms with Crippen LogP contribution in [0.4, 0.5) is 4.39 Å². The fraction of sp³-hybridized carbons (Fsp3) is 0.158. The summed E-state index contributed by atoms with van der Waals surface area (Å²) in [4.78, 5) is 23.7. The lowest BCUT2D eigenvalue weighted by atomic mass is 10.2. The van der Waals surface area contributed by atoms with E-state index in [1.165, 1.54) is 49.4 Å². The van der Waals surface area contributed by atoms with Gasteiger partial charge in [-0.15, -0.1) is 6.58 Å². The van der Waals surface area contributed by atoms with Crippen molar-refractivity contribution in [1.82, 2.24) is 5.32 Å². The van der Waals surface area contributed by atoms with E-state index in [1.54, 1.807) is 12.1 Å². The molecule has 25 heavy (non-hydrogen) atoms. The van der Waals surface area contributed by atoms with Gasteiger partial charge in [-0.2, -0.15) is 0 Å². The lowest BCUT2D eigenvalue weighted by Gasteiger charge is -2.13. The van der Waals surface area contributed by atoms with E-state index in [2.05, 4.69) is 11.9 Å². The van der Waals surface area contributed by atoms with Crippen LogP contribution in [0.5, 0.6) is 11.5 Å². The van der Waals surface area contributed by atoms with E-state index in [1.807, 2.05) is 0 Å². The van der Waals surface area contributed by atoms with E-state index < -0.39 is 18.0 Å². The van der Waals surface area contributed by atoms with Gasteiger partial charge in [-0.1, -0.05) is 6.08 Å². The normalized spacial score (nSPS) is 11.3. The number of benzene rings is 2. The second kappa shape index (κ2) is 8.63. The molecule has 0 bridgehead atoms. The van der Waals surface area contributed by atoms with Crippen LogP contribution < -0.4 is 10.1 Å². The van der Waals surface area contributed by atoms with Crippen LogP contribution in [0.3, 0.4) is 0 Å². The summed E-state index contributed by atoms with van der Waals surface area (Å²) in [6, 6.07) is 11.8. The van der Waals surface area contributed by atoms with Gasteiger partial charge in [0.2, 0.25) is 0 Å². The molecule has 0 aliphatic rings. The maximum absolute atomic E-state index is 12.9. The predicted molar refractivity (Wildman–Crippen MR) is 91.0 cm³/mol. The lowest BCUT2D eigenvalue weighted by Crippen LogP contribution is -2.35. The number of ether oxygens (including phenoxy) is 2. The van der Waals surface area contributed by atoms with Gasteiger partial charge in [0, 0.05) is 6.54 Å². The zero-order valence-corrected chi connectivity index (χ0v) is 13.7. The molecule has 0 radical (unpaired) electrons. The number of nitrogens with one attached hydrogen (secondary N) is 1. The molecule has 130 valence electrons. The zero-order chi connectivity index (χ0) is 18.2. The van der Waals surface area contributed by atoms with Crippen molar-refractivity contribution in [3.8, 4) is 11.5 Å². The molecule has 2 aromatic carbocycles. The summed E-state index contributed by atoms with van der Waals surface area (Å²) in [7, 11) is 0. The Labute approximate surface area is 145 Å². The smallest absolute Gasteiger partial charge is 0.338 e. The Kier molecular flexibility index (Phi) is 6.28. The Morgan fingerprint density at radius 1 is 1.12 bits per heavy atom. The molecule has 0 aliphatic heterocycles.